The smallest absolute Gasteiger partial charge is 0.184 e. The molecule has 6 heteroatoms. The van der Waals surface area contributed by atoms with Gasteiger partial charge in [0.15, 0.2) is 11.6 Å². The molecule has 0 saturated heterocycles. The zero-order valence-corrected chi connectivity index (χ0v) is 12.3. The Bertz CT molecular complexity index is 798. The number of halogens is 4. The quantitative estimate of drug-likeness (QED) is 0.635. The first kappa shape index (κ1) is 14.3. The van der Waals surface area contributed by atoms with E-state index >= 15 is 0 Å². The summed E-state index contributed by atoms with van der Waals surface area (Å²) in [7, 11) is 0. The number of benzene rings is 2. The maximum Gasteiger partial charge on any atom is 0.184 e. The molecule has 0 bridgehead atoms. The molecule has 1 aromatic heterocycles. The summed E-state index contributed by atoms with van der Waals surface area (Å²) in [6.45, 7) is 0.343. The lowest BCUT2D eigenvalue weighted by molar-refractivity contribution is 0.512. The van der Waals surface area contributed by atoms with Gasteiger partial charge in [0.05, 0.1) is 11.4 Å². The van der Waals surface area contributed by atoms with Crippen LogP contribution in [0, 0.1) is 11.6 Å². The predicted molar refractivity (Wildman–Crippen MR) is 79.8 cm³/mol. The fourth-order valence-electron chi connectivity index (χ4n) is 2.25. The lowest BCUT2D eigenvalue weighted by Gasteiger charge is -2.09. The van der Waals surface area contributed by atoms with Crippen molar-refractivity contribution in [2.75, 3.05) is 0 Å². The summed E-state index contributed by atoms with van der Waals surface area (Å²) >= 11 is 11.7. The van der Waals surface area contributed by atoms with Crippen LogP contribution in [0.4, 0.5) is 8.78 Å². The first-order valence-electron chi connectivity index (χ1n) is 6.23. The minimum atomic E-state index is -0.912. The number of alkyl halides is 1. The monoisotopic (exact) mass is 326 g/mol. The number of hydrogen-bond donors (Lipinski definition) is 0. The molecule has 3 aromatic rings. The Kier molecular flexibility index (Phi) is 3.83. The summed E-state index contributed by atoms with van der Waals surface area (Å²) in [6.07, 6.45) is 0. The zero-order valence-electron chi connectivity index (χ0n) is 10.8. The molecule has 0 amide bonds. The summed E-state index contributed by atoms with van der Waals surface area (Å²) in [6, 6.07) is 9.64. The molecule has 0 N–H and O–H groups in total. The highest BCUT2D eigenvalue weighted by Gasteiger charge is 2.17. The highest BCUT2D eigenvalue weighted by Crippen LogP contribution is 2.24. The van der Waals surface area contributed by atoms with Crippen molar-refractivity contribution >= 4 is 34.2 Å². The van der Waals surface area contributed by atoms with E-state index in [1.54, 1.807) is 16.7 Å². The number of hydrogen-bond acceptors (Lipinski definition) is 1. The van der Waals surface area contributed by atoms with Crippen LogP contribution in [0.1, 0.15) is 11.4 Å². The molecule has 0 aliphatic carbocycles. The van der Waals surface area contributed by atoms with E-state index in [0.717, 1.165) is 11.6 Å². The summed E-state index contributed by atoms with van der Waals surface area (Å²) < 4.78 is 29.1. The van der Waals surface area contributed by atoms with Crippen LogP contribution < -0.4 is 0 Å². The predicted octanol–water partition coefficient (Wildman–Crippen LogP) is 4.76. The molecule has 0 aliphatic heterocycles. The lowest BCUT2D eigenvalue weighted by atomic mass is 10.2. The van der Waals surface area contributed by atoms with Crippen LogP contribution in [0.3, 0.4) is 0 Å². The summed E-state index contributed by atoms with van der Waals surface area (Å²) in [5.74, 6) is -1.21. The van der Waals surface area contributed by atoms with Crippen molar-refractivity contribution in [3.63, 3.8) is 0 Å². The van der Waals surface area contributed by atoms with Gasteiger partial charge in [-0.25, -0.2) is 13.8 Å². The second-order valence-corrected chi connectivity index (χ2v) is 5.31. The standard InChI is InChI=1S/C15H10Cl2F2N2/c16-7-13-20-12-6-5-11(18)14(19)15(12)21(13)8-9-1-3-10(17)4-2-9/h1-6H,7-8H2. The maximum atomic E-state index is 14.1. The Morgan fingerprint density at radius 1 is 1.05 bits per heavy atom. The van der Waals surface area contributed by atoms with Crippen LogP contribution in [0.5, 0.6) is 0 Å². The van der Waals surface area contributed by atoms with Crippen LogP contribution in [0.15, 0.2) is 36.4 Å². The largest absolute Gasteiger partial charge is 0.320 e. The van der Waals surface area contributed by atoms with Gasteiger partial charge in [0.1, 0.15) is 11.3 Å². The van der Waals surface area contributed by atoms with Crippen LogP contribution in [-0.4, -0.2) is 9.55 Å². The Hall–Kier alpha value is -1.65. The lowest BCUT2D eigenvalue weighted by Crippen LogP contribution is -2.05. The molecule has 0 unspecified atom stereocenters. The van der Waals surface area contributed by atoms with Crippen molar-refractivity contribution < 1.29 is 8.78 Å². The zero-order chi connectivity index (χ0) is 15.0. The molecule has 0 aliphatic rings. The van der Waals surface area contributed by atoms with E-state index in [-0.39, 0.29) is 11.4 Å². The average Bonchev–Trinajstić information content (AvgIpc) is 2.84. The van der Waals surface area contributed by atoms with Gasteiger partial charge in [-0.2, -0.15) is 0 Å². The van der Waals surface area contributed by atoms with Gasteiger partial charge in [-0.15, -0.1) is 11.6 Å². The second-order valence-electron chi connectivity index (χ2n) is 4.60. The molecule has 108 valence electrons. The number of fused-ring (bicyclic) bond motifs is 1. The molecule has 0 saturated carbocycles. The van der Waals surface area contributed by atoms with Gasteiger partial charge >= 0.3 is 0 Å². The number of aromatic nitrogens is 2. The van der Waals surface area contributed by atoms with Crippen molar-refractivity contribution in [2.24, 2.45) is 0 Å². The third-order valence-corrected chi connectivity index (χ3v) is 3.74. The molecular formula is C15H10Cl2F2N2. The average molecular weight is 327 g/mol. The number of imidazole rings is 1. The Morgan fingerprint density at radius 3 is 2.43 bits per heavy atom. The van der Waals surface area contributed by atoms with Gasteiger partial charge in [-0.3, -0.25) is 0 Å². The first-order valence-corrected chi connectivity index (χ1v) is 7.15. The molecule has 21 heavy (non-hydrogen) atoms. The molecule has 0 spiro atoms. The van der Waals surface area contributed by atoms with Crippen molar-refractivity contribution in [3.8, 4) is 0 Å². The van der Waals surface area contributed by atoms with Crippen molar-refractivity contribution in [2.45, 2.75) is 12.4 Å². The summed E-state index contributed by atoms with van der Waals surface area (Å²) in [5.41, 5.74) is 1.41. The fraction of sp³-hybridized carbons (Fsp3) is 0.133. The third-order valence-electron chi connectivity index (χ3n) is 3.25. The van der Waals surface area contributed by atoms with E-state index in [4.69, 9.17) is 23.2 Å². The molecular weight excluding hydrogens is 317 g/mol. The van der Waals surface area contributed by atoms with E-state index in [0.29, 0.717) is 22.9 Å². The van der Waals surface area contributed by atoms with Crippen molar-refractivity contribution in [1.82, 2.24) is 9.55 Å². The molecule has 0 radical (unpaired) electrons. The van der Waals surface area contributed by atoms with Gasteiger partial charge in [0.25, 0.3) is 0 Å². The van der Waals surface area contributed by atoms with Crippen molar-refractivity contribution in [1.29, 1.82) is 0 Å². The van der Waals surface area contributed by atoms with Crippen molar-refractivity contribution in [3.05, 3.63) is 64.4 Å². The highest BCUT2D eigenvalue weighted by atomic mass is 35.5. The van der Waals surface area contributed by atoms with E-state index in [1.165, 1.54) is 6.07 Å². The first-order chi connectivity index (χ1) is 10.1. The normalized spacial score (nSPS) is 11.2. The van der Waals surface area contributed by atoms with Crippen LogP contribution >= 0.6 is 23.2 Å². The van der Waals surface area contributed by atoms with Gasteiger partial charge in [-0.1, -0.05) is 23.7 Å². The summed E-state index contributed by atoms with van der Waals surface area (Å²) in [4.78, 5) is 4.25. The fourth-order valence-corrected chi connectivity index (χ4v) is 2.58. The Morgan fingerprint density at radius 2 is 1.76 bits per heavy atom. The molecule has 0 atom stereocenters. The van der Waals surface area contributed by atoms with E-state index in [9.17, 15) is 8.78 Å². The van der Waals surface area contributed by atoms with Gasteiger partial charge in [0, 0.05) is 11.6 Å². The third kappa shape index (κ3) is 2.61. The SMILES string of the molecule is Fc1ccc2nc(CCl)n(Cc3ccc(Cl)cc3)c2c1F. The maximum absolute atomic E-state index is 14.1. The molecule has 0 fully saturated rings. The second kappa shape index (κ2) is 5.62. The molecule has 1 heterocycles. The van der Waals surface area contributed by atoms with Crippen LogP contribution in [-0.2, 0) is 12.4 Å². The van der Waals surface area contributed by atoms with Crippen LogP contribution in [0.25, 0.3) is 11.0 Å². The minimum absolute atomic E-state index is 0.114. The summed E-state index contributed by atoms with van der Waals surface area (Å²) in [5, 5.41) is 0.615. The highest BCUT2D eigenvalue weighted by molar-refractivity contribution is 6.30. The minimum Gasteiger partial charge on any atom is -0.320 e. The molecule has 2 nitrogen and oxygen atoms in total. The molecule has 2 aromatic carbocycles. The van der Waals surface area contributed by atoms with Gasteiger partial charge < -0.3 is 4.57 Å². The van der Waals surface area contributed by atoms with E-state index < -0.39 is 11.6 Å². The molecule has 3 rings (SSSR count). The van der Waals surface area contributed by atoms with Gasteiger partial charge in [-0.05, 0) is 29.8 Å². The van der Waals surface area contributed by atoms with E-state index in [1.807, 2.05) is 12.1 Å². The topological polar surface area (TPSA) is 17.8 Å². The number of rotatable bonds is 3. The Balaban J connectivity index is 2.15. The van der Waals surface area contributed by atoms with Crippen LogP contribution in [0.2, 0.25) is 5.02 Å². The number of nitrogens with zero attached hydrogens (tertiary/aromatic N) is 2. The van der Waals surface area contributed by atoms with E-state index in [2.05, 4.69) is 4.98 Å². The van der Waals surface area contributed by atoms with Gasteiger partial charge in [0.2, 0.25) is 0 Å². The Labute approximate surface area is 129 Å².